The Morgan fingerprint density at radius 3 is 2.79 bits per heavy atom. The number of hydrogen-bond acceptors (Lipinski definition) is 3. The molecule has 110 valence electrons. The molecule has 2 atom stereocenters. The standard InChI is InChI=1S/C14H26N2O3/c1-3-9-15-14(19)11(2)16-10-5-4-6-12(16)7-8-13(17)18/h11-12H,3-10H2,1-2H3,(H,15,19)(H,17,18). The Balaban J connectivity index is 2.54. The molecular formula is C14H26N2O3. The summed E-state index contributed by atoms with van der Waals surface area (Å²) < 4.78 is 0. The van der Waals surface area contributed by atoms with Gasteiger partial charge in [-0.2, -0.15) is 0 Å². The van der Waals surface area contributed by atoms with Crippen LogP contribution in [-0.2, 0) is 9.59 Å². The Morgan fingerprint density at radius 1 is 1.42 bits per heavy atom. The highest BCUT2D eigenvalue weighted by Crippen LogP contribution is 2.23. The van der Waals surface area contributed by atoms with Crippen LogP contribution >= 0.6 is 0 Å². The minimum absolute atomic E-state index is 0.0593. The van der Waals surface area contributed by atoms with Crippen molar-refractivity contribution in [2.45, 2.75) is 64.5 Å². The van der Waals surface area contributed by atoms with Crippen LogP contribution in [0.1, 0.15) is 52.4 Å². The van der Waals surface area contributed by atoms with Gasteiger partial charge in [-0.3, -0.25) is 14.5 Å². The molecule has 0 aliphatic carbocycles. The van der Waals surface area contributed by atoms with E-state index in [1.54, 1.807) is 0 Å². The zero-order valence-electron chi connectivity index (χ0n) is 12.0. The molecule has 1 rings (SSSR count). The van der Waals surface area contributed by atoms with Gasteiger partial charge in [0.15, 0.2) is 0 Å². The number of carbonyl (C=O) groups excluding carboxylic acids is 1. The van der Waals surface area contributed by atoms with Crippen LogP contribution < -0.4 is 5.32 Å². The zero-order chi connectivity index (χ0) is 14.3. The average molecular weight is 270 g/mol. The first kappa shape index (κ1) is 16.0. The van der Waals surface area contributed by atoms with Crippen molar-refractivity contribution in [1.29, 1.82) is 0 Å². The fraction of sp³-hybridized carbons (Fsp3) is 0.857. The summed E-state index contributed by atoms with van der Waals surface area (Å²) in [4.78, 5) is 24.9. The summed E-state index contributed by atoms with van der Waals surface area (Å²) in [6.07, 6.45) is 4.98. The molecule has 1 amide bonds. The maximum Gasteiger partial charge on any atom is 0.303 e. The molecule has 5 nitrogen and oxygen atoms in total. The zero-order valence-corrected chi connectivity index (χ0v) is 12.0. The fourth-order valence-electron chi connectivity index (χ4n) is 2.68. The Kier molecular flexibility index (Phi) is 6.84. The van der Waals surface area contributed by atoms with E-state index in [1.807, 2.05) is 13.8 Å². The lowest BCUT2D eigenvalue weighted by atomic mass is 9.96. The van der Waals surface area contributed by atoms with E-state index < -0.39 is 5.97 Å². The molecule has 2 N–H and O–H groups in total. The van der Waals surface area contributed by atoms with Crippen molar-refractivity contribution in [3.8, 4) is 0 Å². The molecule has 0 spiro atoms. The molecule has 0 aromatic heterocycles. The summed E-state index contributed by atoms with van der Waals surface area (Å²) in [5.41, 5.74) is 0. The highest BCUT2D eigenvalue weighted by atomic mass is 16.4. The van der Waals surface area contributed by atoms with E-state index in [4.69, 9.17) is 5.11 Å². The van der Waals surface area contributed by atoms with E-state index >= 15 is 0 Å². The first-order valence-electron chi connectivity index (χ1n) is 7.31. The number of carbonyl (C=O) groups is 2. The van der Waals surface area contributed by atoms with Gasteiger partial charge in [0.25, 0.3) is 0 Å². The average Bonchev–Trinajstić information content (AvgIpc) is 2.42. The lowest BCUT2D eigenvalue weighted by Gasteiger charge is -2.39. The quantitative estimate of drug-likeness (QED) is 0.737. The molecule has 0 bridgehead atoms. The normalized spacial score (nSPS) is 21.9. The molecule has 1 heterocycles. The van der Waals surface area contributed by atoms with Crippen molar-refractivity contribution in [1.82, 2.24) is 10.2 Å². The Labute approximate surface area is 115 Å². The summed E-state index contributed by atoms with van der Waals surface area (Å²) >= 11 is 0. The third-order valence-corrected chi connectivity index (χ3v) is 3.79. The maximum absolute atomic E-state index is 12.0. The fourth-order valence-corrected chi connectivity index (χ4v) is 2.68. The van der Waals surface area contributed by atoms with Gasteiger partial charge in [-0.05, 0) is 39.2 Å². The van der Waals surface area contributed by atoms with Crippen LogP contribution in [0.25, 0.3) is 0 Å². The molecule has 0 saturated carbocycles. The van der Waals surface area contributed by atoms with Crippen LogP contribution in [0.5, 0.6) is 0 Å². The minimum Gasteiger partial charge on any atom is -0.481 e. The smallest absolute Gasteiger partial charge is 0.303 e. The van der Waals surface area contributed by atoms with E-state index in [2.05, 4.69) is 10.2 Å². The SMILES string of the molecule is CCCNC(=O)C(C)N1CCCCC1CCC(=O)O. The van der Waals surface area contributed by atoms with Crippen molar-refractivity contribution in [2.24, 2.45) is 0 Å². The number of likely N-dealkylation sites (tertiary alicyclic amines) is 1. The van der Waals surface area contributed by atoms with E-state index in [1.165, 1.54) is 0 Å². The van der Waals surface area contributed by atoms with Gasteiger partial charge in [-0.25, -0.2) is 0 Å². The summed E-state index contributed by atoms with van der Waals surface area (Å²) in [6.45, 7) is 5.55. The van der Waals surface area contributed by atoms with E-state index in [-0.39, 0.29) is 24.4 Å². The number of carboxylic acids is 1. The van der Waals surface area contributed by atoms with Crippen LogP contribution in [-0.4, -0.2) is 47.1 Å². The molecule has 2 unspecified atom stereocenters. The molecule has 5 heteroatoms. The lowest BCUT2D eigenvalue weighted by molar-refractivity contribution is -0.137. The van der Waals surface area contributed by atoms with E-state index in [9.17, 15) is 9.59 Å². The van der Waals surface area contributed by atoms with Gasteiger partial charge in [0.1, 0.15) is 0 Å². The number of piperidine rings is 1. The van der Waals surface area contributed by atoms with Gasteiger partial charge in [0, 0.05) is 19.0 Å². The summed E-state index contributed by atoms with van der Waals surface area (Å²) in [7, 11) is 0. The monoisotopic (exact) mass is 270 g/mol. The van der Waals surface area contributed by atoms with Gasteiger partial charge in [-0.1, -0.05) is 13.3 Å². The summed E-state index contributed by atoms with van der Waals surface area (Å²) in [6, 6.07) is 0.0675. The second-order valence-electron chi connectivity index (χ2n) is 5.29. The first-order valence-corrected chi connectivity index (χ1v) is 7.31. The van der Waals surface area contributed by atoms with E-state index in [0.717, 1.165) is 32.2 Å². The van der Waals surface area contributed by atoms with Crippen LogP contribution in [0, 0.1) is 0 Å². The molecule has 1 fully saturated rings. The van der Waals surface area contributed by atoms with Crippen molar-refractivity contribution < 1.29 is 14.7 Å². The summed E-state index contributed by atoms with van der Waals surface area (Å²) in [5, 5.41) is 11.7. The second-order valence-corrected chi connectivity index (χ2v) is 5.29. The third kappa shape index (κ3) is 5.19. The van der Waals surface area contributed by atoms with Gasteiger partial charge < -0.3 is 10.4 Å². The number of rotatable bonds is 7. The number of hydrogen-bond donors (Lipinski definition) is 2. The van der Waals surface area contributed by atoms with Gasteiger partial charge >= 0.3 is 5.97 Å². The van der Waals surface area contributed by atoms with Crippen LogP contribution in [0.15, 0.2) is 0 Å². The minimum atomic E-state index is -0.756. The molecule has 0 aromatic carbocycles. The van der Waals surface area contributed by atoms with Crippen LogP contribution in [0.2, 0.25) is 0 Å². The Morgan fingerprint density at radius 2 is 2.16 bits per heavy atom. The highest BCUT2D eigenvalue weighted by Gasteiger charge is 2.30. The summed E-state index contributed by atoms with van der Waals surface area (Å²) in [5.74, 6) is -0.697. The highest BCUT2D eigenvalue weighted by molar-refractivity contribution is 5.81. The van der Waals surface area contributed by atoms with Crippen molar-refractivity contribution >= 4 is 11.9 Å². The Hall–Kier alpha value is -1.10. The van der Waals surface area contributed by atoms with Crippen LogP contribution in [0.4, 0.5) is 0 Å². The molecular weight excluding hydrogens is 244 g/mol. The first-order chi connectivity index (χ1) is 9.06. The topological polar surface area (TPSA) is 69.6 Å². The molecule has 0 aromatic rings. The molecule has 0 radical (unpaired) electrons. The predicted molar refractivity (Wildman–Crippen MR) is 74.0 cm³/mol. The second kappa shape index (κ2) is 8.15. The van der Waals surface area contributed by atoms with Crippen molar-refractivity contribution in [2.75, 3.05) is 13.1 Å². The molecule has 1 saturated heterocycles. The molecule has 19 heavy (non-hydrogen) atoms. The van der Waals surface area contributed by atoms with Gasteiger partial charge in [0.05, 0.1) is 6.04 Å². The van der Waals surface area contributed by atoms with E-state index in [0.29, 0.717) is 13.0 Å². The van der Waals surface area contributed by atoms with Crippen molar-refractivity contribution in [3.63, 3.8) is 0 Å². The predicted octanol–water partition coefficient (Wildman–Crippen LogP) is 1.62. The van der Waals surface area contributed by atoms with Gasteiger partial charge in [-0.15, -0.1) is 0 Å². The van der Waals surface area contributed by atoms with Gasteiger partial charge in [0.2, 0.25) is 5.91 Å². The third-order valence-electron chi connectivity index (χ3n) is 3.79. The number of carboxylic acid groups (broad SMARTS) is 1. The number of amides is 1. The largest absolute Gasteiger partial charge is 0.481 e. The number of aliphatic carboxylic acids is 1. The molecule has 1 aliphatic heterocycles. The lowest BCUT2D eigenvalue weighted by Crippen LogP contribution is -2.51. The van der Waals surface area contributed by atoms with Crippen molar-refractivity contribution in [3.05, 3.63) is 0 Å². The molecule has 1 aliphatic rings. The van der Waals surface area contributed by atoms with Crippen LogP contribution in [0.3, 0.4) is 0 Å². The number of nitrogens with one attached hydrogen (secondary N) is 1. The Bertz CT molecular complexity index is 307. The maximum atomic E-state index is 12.0. The number of nitrogens with zero attached hydrogens (tertiary/aromatic N) is 1.